The summed E-state index contributed by atoms with van der Waals surface area (Å²) in [4.78, 5) is 0. The molecule has 0 radical (unpaired) electrons. The van der Waals surface area contributed by atoms with Crippen LogP contribution in [-0.4, -0.2) is 32.2 Å². The molecule has 0 saturated carbocycles. The van der Waals surface area contributed by atoms with Crippen LogP contribution in [0.2, 0.25) is 0 Å². The lowest BCUT2D eigenvalue weighted by Gasteiger charge is -2.06. The molecule has 0 unspecified atom stereocenters. The van der Waals surface area contributed by atoms with Gasteiger partial charge in [-0.15, -0.1) is 0 Å². The van der Waals surface area contributed by atoms with Gasteiger partial charge in [0, 0.05) is 14.2 Å². The molecule has 0 heterocycles. The first-order valence-electron chi connectivity index (χ1n) is 2.68. The zero-order chi connectivity index (χ0) is 7.11. The lowest BCUT2D eigenvalue weighted by Crippen LogP contribution is -2.08. The maximum absolute atomic E-state index is 8.31. The second kappa shape index (κ2) is 5.75. The molecule has 0 aliphatic heterocycles. The van der Waals surface area contributed by atoms with Crippen molar-refractivity contribution in [3.05, 3.63) is 12.2 Å². The molecule has 1 N–H and O–H groups in total. The minimum atomic E-state index is -0.336. The molecule has 0 aromatic carbocycles. The number of methoxy groups -OCH3 is 2. The molecule has 0 atom stereocenters. The summed E-state index contributed by atoms with van der Waals surface area (Å²) in [6.45, 7) is 0.0171. The Bertz CT molecular complexity index is 76.4. The minimum absolute atomic E-state index is 0.0171. The zero-order valence-electron chi connectivity index (χ0n) is 5.70. The van der Waals surface area contributed by atoms with Crippen LogP contribution in [0.15, 0.2) is 12.2 Å². The molecule has 0 aromatic rings. The quantitative estimate of drug-likeness (QED) is 0.437. The Hall–Kier alpha value is -0.380. The first-order chi connectivity index (χ1) is 4.35. The van der Waals surface area contributed by atoms with E-state index in [2.05, 4.69) is 0 Å². The summed E-state index contributed by atoms with van der Waals surface area (Å²) >= 11 is 0. The molecule has 0 bridgehead atoms. The Morgan fingerprint density at radius 3 is 2.33 bits per heavy atom. The molecule has 0 fully saturated rings. The van der Waals surface area contributed by atoms with Crippen molar-refractivity contribution in [2.24, 2.45) is 0 Å². The van der Waals surface area contributed by atoms with E-state index in [0.29, 0.717) is 0 Å². The summed E-state index contributed by atoms with van der Waals surface area (Å²) < 4.78 is 9.56. The SMILES string of the molecule is COC(C=CCO)OC. The molecule has 0 rings (SSSR count). The molecule has 9 heavy (non-hydrogen) atoms. The van der Waals surface area contributed by atoms with E-state index in [0.717, 1.165) is 0 Å². The zero-order valence-corrected chi connectivity index (χ0v) is 5.70. The summed E-state index contributed by atoms with van der Waals surface area (Å²) in [6.07, 6.45) is 2.87. The fourth-order valence-electron chi connectivity index (χ4n) is 0.425. The van der Waals surface area contributed by atoms with Crippen molar-refractivity contribution in [3.8, 4) is 0 Å². The Morgan fingerprint density at radius 2 is 2.00 bits per heavy atom. The van der Waals surface area contributed by atoms with Crippen LogP contribution in [0.25, 0.3) is 0 Å². The van der Waals surface area contributed by atoms with Gasteiger partial charge in [0.1, 0.15) is 0 Å². The van der Waals surface area contributed by atoms with Crippen molar-refractivity contribution in [1.82, 2.24) is 0 Å². The van der Waals surface area contributed by atoms with E-state index >= 15 is 0 Å². The van der Waals surface area contributed by atoms with Gasteiger partial charge in [-0.1, -0.05) is 6.08 Å². The van der Waals surface area contributed by atoms with Crippen LogP contribution in [0.1, 0.15) is 0 Å². The highest BCUT2D eigenvalue weighted by atomic mass is 16.7. The number of aliphatic hydroxyl groups is 1. The maximum Gasteiger partial charge on any atom is 0.176 e. The Balaban J connectivity index is 3.41. The third kappa shape index (κ3) is 4.14. The van der Waals surface area contributed by atoms with Gasteiger partial charge in [0.15, 0.2) is 6.29 Å². The van der Waals surface area contributed by atoms with Crippen LogP contribution in [-0.2, 0) is 9.47 Å². The molecule has 0 aromatic heterocycles. The summed E-state index contributed by atoms with van der Waals surface area (Å²) in [6, 6.07) is 0. The standard InChI is InChI=1S/C6H12O3/c1-8-6(9-2)4-3-5-7/h3-4,6-7H,5H2,1-2H3. The Morgan fingerprint density at radius 1 is 1.44 bits per heavy atom. The summed E-state index contributed by atoms with van der Waals surface area (Å²) in [7, 11) is 3.08. The van der Waals surface area contributed by atoms with E-state index in [1.54, 1.807) is 12.2 Å². The van der Waals surface area contributed by atoms with Gasteiger partial charge in [-0.25, -0.2) is 0 Å². The highest BCUT2D eigenvalue weighted by Gasteiger charge is 1.94. The fourth-order valence-corrected chi connectivity index (χ4v) is 0.425. The first-order valence-corrected chi connectivity index (χ1v) is 2.68. The highest BCUT2D eigenvalue weighted by Crippen LogP contribution is 1.90. The van der Waals surface area contributed by atoms with Gasteiger partial charge in [-0.05, 0) is 6.08 Å². The van der Waals surface area contributed by atoms with Crippen LogP contribution < -0.4 is 0 Å². The smallest absolute Gasteiger partial charge is 0.176 e. The van der Waals surface area contributed by atoms with Crippen LogP contribution in [0, 0.1) is 0 Å². The summed E-state index contributed by atoms with van der Waals surface area (Å²) in [5.74, 6) is 0. The molecule has 54 valence electrons. The summed E-state index contributed by atoms with van der Waals surface area (Å²) in [5, 5.41) is 8.31. The molecule has 0 aliphatic carbocycles. The molecular weight excluding hydrogens is 120 g/mol. The largest absolute Gasteiger partial charge is 0.392 e. The number of ether oxygens (including phenoxy) is 2. The van der Waals surface area contributed by atoms with Crippen LogP contribution >= 0.6 is 0 Å². The predicted octanol–water partition coefficient (Wildman–Crippen LogP) is 0.154. The predicted molar refractivity (Wildman–Crippen MR) is 34.0 cm³/mol. The second-order valence-corrected chi connectivity index (χ2v) is 1.45. The Labute approximate surface area is 54.9 Å². The molecule has 3 heteroatoms. The van der Waals surface area contributed by atoms with Gasteiger partial charge in [0.05, 0.1) is 6.61 Å². The molecule has 0 spiro atoms. The average Bonchev–Trinajstić information content (AvgIpc) is 1.91. The molecule has 3 nitrogen and oxygen atoms in total. The normalized spacial score (nSPS) is 11.6. The van der Waals surface area contributed by atoms with Crippen molar-refractivity contribution in [2.45, 2.75) is 6.29 Å². The van der Waals surface area contributed by atoms with Crippen LogP contribution in [0.5, 0.6) is 0 Å². The topological polar surface area (TPSA) is 38.7 Å². The van der Waals surface area contributed by atoms with Gasteiger partial charge in [0.25, 0.3) is 0 Å². The number of hydrogen-bond acceptors (Lipinski definition) is 3. The summed E-state index contributed by atoms with van der Waals surface area (Å²) in [5.41, 5.74) is 0. The fraction of sp³-hybridized carbons (Fsp3) is 0.667. The number of aliphatic hydroxyl groups excluding tert-OH is 1. The average molecular weight is 132 g/mol. The van der Waals surface area contributed by atoms with E-state index in [-0.39, 0.29) is 12.9 Å². The lowest BCUT2D eigenvalue weighted by molar-refractivity contribution is -0.0668. The van der Waals surface area contributed by atoms with Crippen LogP contribution in [0.3, 0.4) is 0 Å². The van der Waals surface area contributed by atoms with Crippen molar-refractivity contribution >= 4 is 0 Å². The maximum atomic E-state index is 8.31. The van der Waals surface area contributed by atoms with Gasteiger partial charge < -0.3 is 14.6 Å². The monoisotopic (exact) mass is 132 g/mol. The van der Waals surface area contributed by atoms with Crippen molar-refractivity contribution in [1.29, 1.82) is 0 Å². The first kappa shape index (κ1) is 8.62. The highest BCUT2D eigenvalue weighted by molar-refractivity contribution is 4.83. The molecule has 0 amide bonds. The van der Waals surface area contributed by atoms with E-state index in [4.69, 9.17) is 14.6 Å². The second-order valence-electron chi connectivity index (χ2n) is 1.45. The van der Waals surface area contributed by atoms with Gasteiger partial charge in [-0.2, -0.15) is 0 Å². The van der Waals surface area contributed by atoms with Crippen molar-refractivity contribution in [2.75, 3.05) is 20.8 Å². The third-order valence-corrected chi connectivity index (χ3v) is 0.863. The molecular formula is C6H12O3. The molecule has 0 aliphatic rings. The van der Waals surface area contributed by atoms with E-state index in [9.17, 15) is 0 Å². The van der Waals surface area contributed by atoms with Crippen molar-refractivity contribution in [3.63, 3.8) is 0 Å². The van der Waals surface area contributed by atoms with Gasteiger partial charge >= 0.3 is 0 Å². The van der Waals surface area contributed by atoms with Crippen LogP contribution in [0.4, 0.5) is 0 Å². The molecule has 0 saturated heterocycles. The van der Waals surface area contributed by atoms with Crippen molar-refractivity contribution < 1.29 is 14.6 Å². The van der Waals surface area contributed by atoms with E-state index < -0.39 is 0 Å². The van der Waals surface area contributed by atoms with Gasteiger partial charge in [0.2, 0.25) is 0 Å². The van der Waals surface area contributed by atoms with E-state index in [1.807, 2.05) is 0 Å². The lowest BCUT2D eigenvalue weighted by atomic mass is 10.5. The number of hydrogen-bond donors (Lipinski definition) is 1. The minimum Gasteiger partial charge on any atom is -0.392 e. The van der Waals surface area contributed by atoms with Gasteiger partial charge in [-0.3, -0.25) is 0 Å². The third-order valence-electron chi connectivity index (χ3n) is 0.863. The van der Waals surface area contributed by atoms with E-state index in [1.165, 1.54) is 14.2 Å². The number of rotatable bonds is 4. The Kier molecular flexibility index (Phi) is 5.51.